The van der Waals surface area contributed by atoms with Crippen LogP contribution in [0.4, 0.5) is 10.1 Å². The lowest BCUT2D eigenvalue weighted by atomic mass is 10.2. The molecule has 8 heteroatoms. The number of nitrogens with one attached hydrogen (secondary N) is 1. The number of hydrogen-bond donors (Lipinski definition) is 1. The molecule has 0 radical (unpaired) electrons. The highest BCUT2D eigenvalue weighted by molar-refractivity contribution is 9.10. The quantitative estimate of drug-likeness (QED) is 0.317. The minimum absolute atomic E-state index is 0.0682. The van der Waals surface area contributed by atoms with Crippen LogP contribution in [0, 0.1) is 5.82 Å². The Morgan fingerprint density at radius 1 is 0.900 bits per heavy atom. The molecule has 0 aromatic heterocycles. The van der Waals surface area contributed by atoms with Crippen LogP contribution in [0.2, 0.25) is 15.1 Å². The molecule has 3 aromatic carbocycles. The smallest absolute Gasteiger partial charge is 0.162 e. The van der Waals surface area contributed by atoms with Crippen molar-refractivity contribution in [3.05, 3.63) is 85.0 Å². The van der Waals surface area contributed by atoms with Gasteiger partial charge in [0.05, 0.1) is 11.6 Å². The van der Waals surface area contributed by atoms with Crippen molar-refractivity contribution in [1.29, 1.82) is 0 Å². The second-order valence-electron chi connectivity index (χ2n) is 6.33. The SMILES string of the molecule is CCOc1cc(CNc2ccc(F)c(Cl)c2)c(Br)cc1OCc1ccc(Cl)cc1Cl. The molecule has 3 nitrogen and oxygen atoms in total. The van der Waals surface area contributed by atoms with Crippen molar-refractivity contribution in [3.8, 4) is 11.5 Å². The van der Waals surface area contributed by atoms with Crippen molar-refractivity contribution >= 4 is 56.4 Å². The fourth-order valence-corrected chi connectivity index (χ4v) is 3.80. The topological polar surface area (TPSA) is 30.5 Å². The molecular formula is C22H18BrCl3FNO2. The molecule has 0 bridgehead atoms. The predicted molar refractivity (Wildman–Crippen MR) is 125 cm³/mol. The van der Waals surface area contributed by atoms with Crippen molar-refractivity contribution in [2.45, 2.75) is 20.1 Å². The lowest BCUT2D eigenvalue weighted by Crippen LogP contribution is -2.04. The molecule has 1 N–H and O–H groups in total. The van der Waals surface area contributed by atoms with Gasteiger partial charge >= 0.3 is 0 Å². The van der Waals surface area contributed by atoms with E-state index in [2.05, 4.69) is 21.2 Å². The van der Waals surface area contributed by atoms with Crippen molar-refractivity contribution in [2.24, 2.45) is 0 Å². The summed E-state index contributed by atoms with van der Waals surface area (Å²) in [5.74, 6) is 0.743. The minimum atomic E-state index is -0.454. The average molecular weight is 534 g/mol. The molecule has 158 valence electrons. The molecule has 0 spiro atoms. The van der Waals surface area contributed by atoms with E-state index >= 15 is 0 Å². The highest BCUT2D eigenvalue weighted by Crippen LogP contribution is 2.35. The molecule has 3 rings (SSSR count). The molecule has 0 heterocycles. The van der Waals surface area contributed by atoms with Crippen LogP contribution in [0.25, 0.3) is 0 Å². The van der Waals surface area contributed by atoms with Gasteiger partial charge in [-0.25, -0.2) is 4.39 Å². The lowest BCUT2D eigenvalue weighted by Gasteiger charge is -2.16. The van der Waals surface area contributed by atoms with Gasteiger partial charge in [0, 0.05) is 32.3 Å². The van der Waals surface area contributed by atoms with E-state index in [0.717, 1.165) is 15.6 Å². The summed E-state index contributed by atoms with van der Waals surface area (Å²) in [6, 6.07) is 13.5. The molecule has 30 heavy (non-hydrogen) atoms. The summed E-state index contributed by atoms with van der Waals surface area (Å²) in [5.41, 5.74) is 2.47. The highest BCUT2D eigenvalue weighted by atomic mass is 79.9. The molecule has 0 fully saturated rings. The molecule has 0 atom stereocenters. The Morgan fingerprint density at radius 2 is 1.67 bits per heavy atom. The maximum Gasteiger partial charge on any atom is 0.162 e. The Labute approximate surface area is 198 Å². The fourth-order valence-electron chi connectivity index (χ4n) is 2.69. The normalized spacial score (nSPS) is 10.7. The van der Waals surface area contributed by atoms with Crippen molar-refractivity contribution < 1.29 is 13.9 Å². The molecule has 0 unspecified atom stereocenters. The Bertz CT molecular complexity index is 1050. The Kier molecular flexibility index (Phi) is 8.12. The number of ether oxygens (including phenoxy) is 2. The number of hydrogen-bond acceptors (Lipinski definition) is 3. The van der Waals surface area contributed by atoms with Gasteiger partial charge in [-0.1, -0.05) is 56.8 Å². The van der Waals surface area contributed by atoms with Gasteiger partial charge in [-0.05, 0) is 55.0 Å². The van der Waals surface area contributed by atoms with Gasteiger partial charge in [-0.3, -0.25) is 0 Å². The van der Waals surface area contributed by atoms with Gasteiger partial charge in [0.1, 0.15) is 12.4 Å². The van der Waals surface area contributed by atoms with E-state index in [-0.39, 0.29) is 11.6 Å². The summed E-state index contributed by atoms with van der Waals surface area (Å²) >= 11 is 21.6. The Morgan fingerprint density at radius 3 is 2.37 bits per heavy atom. The van der Waals surface area contributed by atoms with Gasteiger partial charge in [-0.15, -0.1) is 0 Å². The summed E-state index contributed by atoms with van der Waals surface area (Å²) in [7, 11) is 0. The monoisotopic (exact) mass is 531 g/mol. The average Bonchev–Trinajstić information content (AvgIpc) is 2.70. The summed E-state index contributed by atoms with van der Waals surface area (Å²) in [5, 5.41) is 4.40. The highest BCUT2D eigenvalue weighted by Gasteiger charge is 2.13. The standard InChI is InChI=1S/C22H18BrCl3FNO2/c1-2-29-21-7-14(11-28-16-5-6-20(27)19(26)9-16)17(23)10-22(21)30-12-13-3-4-15(24)8-18(13)25/h3-10,28H,2,11-12H2,1H3. The summed E-state index contributed by atoms with van der Waals surface area (Å²) in [4.78, 5) is 0. The maximum absolute atomic E-state index is 13.3. The summed E-state index contributed by atoms with van der Waals surface area (Å²) < 4.78 is 25.9. The number of halogens is 5. The van der Waals surface area contributed by atoms with Gasteiger partial charge in [0.25, 0.3) is 0 Å². The number of anilines is 1. The number of benzene rings is 3. The van der Waals surface area contributed by atoms with Crippen LogP contribution < -0.4 is 14.8 Å². The van der Waals surface area contributed by atoms with Gasteiger partial charge < -0.3 is 14.8 Å². The molecule has 0 saturated heterocycles. The lowest BCUT2D eigenvalue weighted by molar-refractivity contribution is 0.269. The van der Waals surface area contributed by atoms with Crippen LogP contribution in [0.1, 0.15) is 18.1 Å². The van der Waals surface area contributed by atoms with E-state index in [0.29, 0.717) is 40.4 Å². The first-order valence-corrected chi connectivity index (χ1v) is 11.0. The van der Waals surface area contributed by atoms with Crippen LogP contribution in [0.15, 0.2) is 53.0 Å². The van der Waals surface area contributed by atoms with Crippen LogP contribution in [-0.2, 0) is 13.2 Å². The Balaban J connectivity index is 1.76. The van der Waals surface area contributed by atoms with E-state index in [1.165, 1.54) is 6.07 Å². The van der Waals surface area contributed by atoms with Crippen LogP contribution >= 0.6 is 50.7 Å². The van der Waals surface area contributed by atoms with Crippen molar-refractivity contribution in [2.75, 3.05) is 11.9 Å². The zero-order valence-electron chi connectivity index (χ0n) is 15.9. The second-order valence-corrected chi connectivity index (χ2v) is 8.44. The zero-order chi connectivity index (χ0) is 21.7. The van der Waals surface area contributed by atoms with E-state index in [9.17, 15) is 4.39 Å². The maximum atomic E-state index is 13.3. The van der Waals surface area contributed by atoms with Gasteiger partial charge in [0.15, 0.2) is 11.5 Å². The van der Waals surface area contributed by atoms with Crippen LogP contribution in [0.3, 0.4) is 0 Å². The first kappa shape index (κ1) is 23.0. The summed E-state index contributed by atoms with van der Waals surface area (Å²) in [6.45, 7) is 3.14. The molecule has 0 aliphatic rings. The van der Waals surface area contributed by atoms with E-state index in [1.54, 1.807) is 24.3 Å². The number of rotatable bonds is 8. The molecule has 0 aliphatic carbocycles. The molecular weight excluding hydrogens is 516 g/mol. The van der Waals surface area contributed by atoms with Crippen LogP contribution in [0.5, 0.6) is 11.5 Å². The molecule has 0 saturated carbocycles. The van der Waals surface area contributed by atoms with Gasteiger partial charge in [-0.2, -0.15) is 0 Å². The molecule has 0 amide bonds. The largest absolute Gasteiger partial charge is 0.490 e. The van der Waals surface area contributed by atoms with Crippen molar-refractivity contribution in [1.82, 2.24) is 0 Å². The fraction of sp³-hybridized carbons (Fsp3) is 0.182. The predicted octanol–water partition coefficient (Wildman–Crippen LogP) is 8.14. The second kappa shape index (κ2) is 10.6. The Hall–Kier alpha value is -1.66. The third kappa shape index (κ3) is 5.94. The third-order valence-electron chi connectivity index (χ3n) is 4.21. The van der Waals surface area contributed by atoms with Gasteiger partial charge in [0.2, 0.25) is 0 Å². The van der Waals surface area contributed by atoms with Crippen molar-refractivity contribution in [3.63, 3.8) is 0 Å². The first-order chi connectivity index (χ1) is 14.4. The first-order valence-electron chi connectivity index (χ1n) is 9.08. The molecule has 0 aliphatic heterocycles. The van der Waals surface area contributed by atoms with Crippen LogP contribution in [-0.4, -0.2) is 6.61 Å². The van der Waals surface area contributed by atoms with E-state index in [4.69, 9.17) is 44.3 Å². The van der Waals surface area contributed by atoms with E-state index in [1.807, 2.05) is 25.1 Å². The zero-order valence-corrected chi connectivity index (χ0v) is 19.8. The summed E-state index contributed by atoms with van der Waals surface area (Å²) in [6.07, 6.45) is 0. The minimum Gasteiger partial charge on any atom is -0.490 e. The third-order valence-corrected chi connectivity index (χ3v) is 5.83. The molecule has 3 aromatic rings. The van der Waals surface area contributed by atoms with E-state index < -0.39 is 5.82 Å².